The van der Waals surface area contributed by atoms with E-state index in [-0.39, 0.29) is 5.91 Å². The third-order valence-corrected chi connectivity index (χ3v) is 6.12. The van der Waals surface area contributed by atoms with Crippen molar-refractivity contribution < 1.29 is 9.53 Å². The van der Waals surface area contributed by atoms with Gasteiger partial charge >= 0.3 is 0 Å². The van der Waals surface area contributed by atoms with E-state index in [1.165, 1.54) is 0 Å². The summed E-state index contributed by atoms with van der Waals surface area (Å²) in [5.74, 6) is 0.661. The number of imidazole rings is 1. The molecular formula is C26H22ClN3O2. The molecule has 0 saturated heterocycles. The molecule has 0 spiro atoms. The van der Waals surface area contributed by atoms with Crippen molar-refractivity contribution in [3.05, 3.63) is 94.5 Å². The van der Waals surface area contributed by atoms with Crippen LogP contribution in [0.4, 0.5) is 5.69 Å². The highest BCUT2D eigenvalue weighted by Gasteiger charge is 2.29. The molecule has 1 aliphatic rings. The molecule has 2 heterocycles. The fraction of sp³-hybridized carbons (Fsp3) is 0.154. The molecule has 0 saturated carbocycles. The highest BCUT2D eigenvalue weighted by molar-refractivity contribution is 6.30. The zero-order chi connectivity index (χ0) is 22.4. The number of hydrogen-bond acceptors (Lipinski definition) is 3. The molecule has 0 atom stereocenters. The molecule has 32 heavy (non-hydrogen) atoms. The number of fused-ring (bicyclic) bond motifs is 1. The van der Waals surface area contributed by atoms with E-state index in [9.17, 15) is 4.79 Å². The molecule has 0 bridgehead atoms. The number of nitrogens with zero attached hydrogens (tertiary/aromatic N) is 3. The standard InChI is InChI=1S/C26H22ClN3O2/c1-16-4-7-20(27)11-22(16)18-5-6-19-14-30(26(31)23(19)10-18)21-8-9-24(25(12-21)32-3)29-13-17(2)28-15-29/h4-13,15H,14H2,1-3H3. The quantitative estimate of drug-likeness (QED) is 0.390. The van der Waals surface area contributed by atoms with Gasteiger partial charge in [-0.1, -0.05) is 29.8 Å². The lowest BCUT2D eigenvalue weighted by Gasteiger charge is -2.18. The number of methoxy groups -OCH3 is 1. The zero-order valence-corrected chi connectivity index (χ0v) is 18.8. The van der Waals surface area contributed by atoms with E-state index in [4.69, 9.17) is 16.3 Å². The van der Waals surface area contributed by atoms with Crippen LogP contribution in [0.1, 0.15) is 27.2 Å². The second-order valence-electron chi connectivity index (χ2n) is 8.00. The van der Waals surface area contributed by atoms with Crippen LogP contribution in [0.2, 0.25) is 5.02 Å². The van der Waals surface area contributed by atoms with E-state index in [2.05, 4.69) is 11.1 Å². The molecule has 0 unspecified atom stereocenters. The molecule has 4 aromatic rings. The SMILES string of the molecule is COc1cc(N2Cc3ccc(-c4cc(Cl)ccc4C)cc3C2=O)ccc1-n1cnc(C)c1. The average molecular weight is 444 g/mol. The number of hydrogen-bond donors (Lipinski definition) is 0. The number of aromatic nitrogens is 2. The molecule has 3 aromatic carbocycles. The summed E-state index contributed by atoms with van der Waals surface area (Å²) < 4.78 is 7.54. The van der Waals surface area contributed by atoms with E-state index in [1.54, 1.807) is 18.3 Å². The van der Waals surface area contributed by atoms with Crippen LogP contribution in [0, 0.1) is 13.8 Å². The summed E-state index contributed by atoms with van der Waals surface area (Å²) in [6.07, 6.45) is 3.69. The summed E-state index contributed by atoms with van der Waals surface area (Å²) in [4.78, 5) is 19.4. The van der Waals surface area contributed by atoms with Crippen LogP contribution >= 0.6 is 11.6 Å². The Morgan fingerprint density at radius 3 is 2.59 bits per heavy atom. The fourth-order valence-electron chi connectivity index (χ4n) is 4.18. The number of rotatable bonds is 4. The molecule has 5 rings (SSSR count). The lowest BCUT2D eigenvalue weighted by Crippen LogP contribution is -2.23. The minimum absolute atomic E-state index is 0.0187. The van der Waals surface area contributed by atoms with Crippen LogP contribution in [0.15, 0.2) is 67.1 Å². The predicted molar refractivity (Wildman–Crippen MR) is 127 cm³/mol. The summed E-state index contributed by atoms with van der Waals surface area (Å²) in [6, 6.07) is 17.7. The minimum atomic E-state index is -0.0187. The van der Waals surface area contributed by atoms with Crippen molar-refractivity contribution in [1.29, 1.82) is 0 Å². The second-order valence-corrected chi connectivity index (χ2v) is 8.44. The number of anilines is 1. The van der Waals surface area contributed by atoms with Crippen molar-refractivity contribution in [1.82, 2.24) is 9.55 Å². The Labute approximate surface area is 191 Å². The molecule has 5 nitrogen and oxygen atoms in total. The maximum absolute atomic E-state index is 13.3. The Hall–Kier alpha value is -3.57. The number of aryl methyl sites for hydroxylation is 2. The van der Waals surface area contributed by atoms with Gasteiger partial charge in [-0.05, 0) is 66.4 Å². The van der Waals surface area contributed by atoms with Crippen molar-refractivity contribution in [2.75, 3.05) is 12.0 Å². The largest absolute Gasteiger partial charge is 0.494 e. The highest BCUT2D eigenvalue weighted by atomic mass is 35.5. The number of benzene rings is 3. The summed E-state index contributed by atoms with van der Waals surface area (Å²) >= 11 is 6.21. The van der Waals surface area contributed by atoms with Gasteiger partial charge in [0.15, 0.2) is 0 Å². The van der Waals surface area contributed by atoms with Gasteiger partial charge in [0.2, 0.25) is 0 Å². The number of carbonyl (C=O) groups excluding carboxylic acids is 1. The third-order valence-electron chi connectivity index (χ3n) is 5.89. The van der Waals surface area contributed by atoms with Gasteiger partial charge in [0.25, 0.3) is 5.91 Å². The van der Waals surface area contributed by atoms with Crippen molar-refractivity contribution in [3.8, 4) is 22.6 Å². The lowest BCUT2D eigenvalue weighted by atomic mass is 9.97. The first-order valence-corrected chi connectivity index (χ1v) is 10.7. The Balaban J connectivity index is 1.49. The first kappa shape index (κ1) is 20.3. The first-order valence-electron chi connectivity index (χ1n) is 10.3. The van der Waals surface area contributed by atoms with Crippen LogP contribution in [0.5, 0.6) is 5.75 Å². The molecule has 0 radical (unpaired) electrons. The van der Waals surface area contributed by atoms with Crippen LogP contribution in [-0.2, 0) is 6.54 Å². The smallest absolute Gasteiger partial charge is 0.258 e. The molecular weight excluding hydrogens is 422 g/mol. The number of halogens is 1. The van der Waals surface area contributed by atoms with Crippen molar-refractivity contribution >= 4 is 23.2 Å². The maximum atomic E-state index is 13.3. The van der Waals surface area contributed by atoms with E-state index in [0.717, 1.165) is 44.9 Å². The minimum Gasteiger partial charge on any atom is -0.494 e. The van der Waals surface area contributed by atoms with Gasteiger partial charge in [0.1, 0.15) is 5.75 Å². The van der Waals surface area contributed by atoms with Gasteiger partial charge in [-0.25, -0.2) is 4.98 Å². The Morgan fingerprint density at radius 1 is 1.00 bits per heavy atom. The van der Waals surface area contributed by atoms with E-state index >= 15 is 0 Å². The van der Waals surface area contributed by atoms with E-state index < -0.39 is 0 Å². The van der Waals surface area contributed by atoms with Crippen molar-refractivity contribution in [2.45, 2.75) is 20.4 Å². The predicted octanol–water partition coefficient (Wildman–Crippen LogP) is 5.98. The molecule has 1 amide bonds. The molecule has 1 aromatic heterocycles. The topological polar surface area (TPSA) is 47.4 Å². The first-order chi connectivity index (χ1) is 15.4. The summed E-state index contributed by atoms with van der Waals surface area (Å²) in [7, 11) is 1.63. The molecule has 0 aliphatic carbocycles. The molecule has 160 valence electrons. The van der Waals surface area contributed by atoms with Gasteiger partial charge in [-0.15, -0.1) is 0 Å². The van der Waals surface area contributed by atoms with E-state index in [1.807, 2.05) is 73.1 Å². The number of amides is 1. The number of carbonyl (C=O) groups is 1. The summed E-state index contributed by atoms with van der Waals surface area (Å²) in [5.41, 5.74) is 7.46. The monoisotopic (exact) mass is 443 g/mol. The zero-order valence-electron chi connectivity index (χ0n) is 18.1. The maximum Gasteiger partial charge on any atom is 0.258 e. The third kappa shape index (κ3) is 3.45. The van der Waals surface area contributed by atoms with Gasteiger partial charge in [-0.2, -0.15) is 0 Å². The second kappa shape index (κ2) is 7.84. The fourth-order valence-corrected chi connectivity index (χ4v) is 4.35. The Morgan fingerprint density at radius 2 is 1.84 bits per heavy atom. The normalized spacial score (nSPS) is 12.9. The average Bonchev–Trinajstić information content (AvgIpc) is 3.38. The summed E-state index contributed by atoms with van der Waals surface area (Å²) in [5, 5.41) is 0.680. The Bertz CT molecular complexity index is 1360. The van der Waals surface area contributed by atoms with Crippen molar-refractivity contribution in [3.63, 3.8) is 0 Å². The molecule has 0 N–H and O–H groups in total. The van der Waals surface area contributed by atoms with Gasteiger partial charge < -0.3 is 14.2 Å². The van der Waals surface area contributed by atoms with Crippen molar-refractivity contribution in [2.24, 2.45) is 0 Å². The summed E-state index contributed by atoms with van der Waals surface area (Å²) in [6.45, 7) is 4.51. The van der Waals surface area contributed by atoms with Crippen LogP contribution < -0.4 is 9.64 Å². The van der Waals surface area contributed by atoms with Crippen LogP contribution in [0.25, 0.3) is 16.8 Å². The van der Waals surface area contributed by atoms with Crippen LogP contribution in [0.3, 0.4) is 0 Å². The molecule has 0 fully saturated rings. The van der Waals surface area contributed by atoms with E-state index in [0.29, 0.717) is 17.3 Å². The van der Waals surface area contributed by atoms with Gasteiger partial charge in [0.05, 0.1) is 31.4 Å². The molecule has 1 aliphatic heterocycles. The van der Waals surface area contributed by atoms with Crippen LogP contribution in [-0.4, -0.2) is 22.6 Å². The van der Waals surface area contributed by atoms with Gasteiger partial charge in [-0.3, -0.25) is 4.79 Å². The van der Waals surface area contributed by atoms with Gasteiger partial charge in [0, 0.05) is 28.5 Å². The number of ether oxygens (including phenoxy) is 1. The molecule has 6 heteroatoms. The lowest BCUT2D eigenvalue weighted by molar-refractivity contribution is 0.0996. The highest BCUT2D eigenvalue weighted by Crippen LogP contribution is 2.36. The Kier molecular flexibility index (Phi) is 4.98.